The average molecular weight is 264 g/mol. The van der Waals surface area contributed by atoms with Gasteiger partial charge in [-0.3, -0.25) is 0 Å². The van der Waals surface area contributed by atoms with E-state index in [1.54, 1.807) is 0 Å². The van der Waals surface area contributed by atoms with Gasteiger partial charge in [0.1, 0.15) is 13.1 Å². The van der Waals surface area contributed by atoms with Crippen molar-refractivity contribution in [1.82, 2.24) is 0 Å². The molecule has 0 N–H and O–H groups in total. The molecule has 108 valence electrons. The van der Waals surface area contributed by atoms with Crippen molar-refractivity contribution in [2.24, 2.45) is 23.7 Å². The number of fused-ring (bicyclic) bond motifs is 5. The Morgan fingerprint density at radius 2 is 1.58 bits per heavy atom. The first kappa shape index (κ1) is 13.6. The summed E-state index contributed by atoms with van der Waals surface area (Å²) in [7, 11) is 4.95. The topological polar surface area (TPSA) is 0 Å². The van der Waals surface area contributed by atoms with Crippen LogP contribution in [0.1, 0.15) is 20.3 Å². The third kappa shape index (κ3) is 2.27. The van der Waals surface area contributed by atoms with Gasteiger partial charge in [0.25, 0.3) is 0 Å². The fourth-order valence-corrected chi connectivity index (χ4v) is 4.87. The van der Waals surface area contributed by atoms with Crippen molar-refractivity contribution in [2.75, 3.05) is 53.4 Å². The van der Waals surface area contributed by atoms with Crippen LogP contribution in [0.2, 0.25) is 0 Å². The van der Waals surface area contributed by atoms with Crippen molar-refractivity contribution in [3.63, 3.8) is 0 Å². The van der Waals surface area contributed by atoms with E-state index in [0.717, 1.165) is 23.7 Å². The highest BCUT2D eigenvalue weighted by atomic mass is 15.4. The molecule has 4 atom stereocenters. The summed E-state index contributed by atoms with van der Waals surface area (Å²) < 4.78 is 2.59. The molecule has 3 aliphatic rings. The molecule has 19 heavy (non-hydrogen) atoms. The fraction of sp³-hybridized carbons (Fsp3) is 0.882. The average Bonchev–Trinajstić information content (AvgIpc) is 3.07. The molecular formula is C17H32N2+2. The Morgan fingerprint density at radius 1 is 1.05 bits per heavy atom. The van der Waals surface area contributed by atoms with Crippen LogP contribution < -0.4 is 0 Å². The van der Waals surface area contributed by atoms with Crippen LogP contribution >= 0.6 is 0 Å². The summed E-state index contributed by atoms with van der Waals surface area (Å²) >= 11 is 0. The van der Waals surface area contributed by atoms with Crippen LogP contribution in [0.4, 0.5) is 0 Å². The molecule has 1 heterocycles. The first-order valence-corrected chi connectivity index (χ1v) is 8.34. The number of nitrogens with zero attached hydrogens (tertiary/aromatic N) is 2. The van der Waals surface area contributed by atoms with Gasteiger partial charge < -0.3 is 8.97 Å². The second kappa shape index (κ2) is 4.60. The molecule has 0 aromatic heterocycles. The third-order valence-electron chi connectivity index (χ3n) is 6.81. The summed E-state index contributed by atoms with van der Waals surface area (Å²) in [5.74, 6) is 3.91. The van der Waals surface area contributed by atoms with Gasteiger partial charge >= 0.3 is 0 Å². The molecule has 0 spiro atoms. The standard InChI is InChI=1S/C17H32N2/c1-5-18(3,6-2)9-10-19(4)12-16-14-7-8-15(11-14)17(16)13-19/h7-8,14-17H,5-6,9-13H2,1-4H3/q+2. The molecule has 2 nitrogen and oxygen atoms in total. The zero-order valence-electron chi connectivity index (χ0n) is 13.3. The van der Waals surface area contributed by atoms with Crippen molar-refractivity contribution < 1.29 is 8.97 Å². The second-order valence-electron chi connectivity index (χ2n) is 7.96. The Balaban J connectivity index is 1.61. The number of hydrogen-bond donors (Lipinski definition) is 0. The summed E-state index contributed by atoms with van der Waals surface area (Å²) in [5, 5.41) is 0. The molecule has 4 unspecified atom stereocenters. The van der Waals surface area contributed by atoms with Crippen LogP contribution in [0, 0.1) is 23.7 Å². The number of rotatable bonds is 5. The predicted molar refractivity (Wildman–Crippen MR) is 80.6 cm³/mol. The lowest BCUT2D eigenvalue weighted by molar-refractivity contribution is -0.958. The van der Waals surface area contributed by atoms with Crippen molar-refractivity contribution in [2.45, 2.75) is 20.3 Å². The molecule has 2 fully saturated rings. The maximum absolute atomic E-state index is 2.53. The minimum Gasteiger partial charge on any atom is -0.322 e. The molecule has 2 heteroatoms. The highest BCUT2D eigenvalue weighted by molar-refractivity contribution is 5.14. The van der Waals surface area contributed by atoms with E-state index in [-0.39, 0.29) is 0 Å². The van der Waals surface area contributed by atoms with E-state index < -0.39 is 0 Å². The van der Waals surface area contributed by atoms with Crippen LogP contribution in [0.15, 0.2) is 12.2 Å². The van der Waals surface area contributed by atoms with Gasteiger partial charge in [-0.1, -0.05) is 12.2 Å². The monoisotopic (exact) mass is 264 g/mol. The summed E-state index contributed by atoms with van der Waals surface area (Å²) in [6.45, 7) is 12.9. The van der Waals surface area contributed by atoms with Crippen LogP contribution in [0.5, 0.6) is 0 Å². The third-order valence-corrected chi connectivity index (χ3v) is 6.81. The van der Waals surface area contributed by atoms with Gasteiger partial charge in [0.2, 0.25) is 0 Å². The molecule has 0 aromatic rings. The van der Waals surface area contributed by atoms with Crippen molar-refractivity contribution in [1.29, 1.82) is 0 Å². The number of quaternary nitrogens is 2. The van der Waals surface area contributed by atoms with E-state index >= 15 is 0 Å². The zero-order valence-corrected chi connectivity index (χ0v) is 13.3. The molecule has 1 saturated carbocycles. The van der Waals surface area contributed by atoms with E-state index in [9.17, 15) is 0 Å². The smallest absolute Gasteiger partial charge is 0.128 e. The van der Waals surface area contributed by atoms with E-state index in [1.807, 2.05) is 0 Å². The Bertz CT molecular complexity index is 349. The Kier molecular flexibility index (Phi) is 3.30. The van der Waals surface area contributed by atoms with Crippen LogP contribution in [-0.2, 0) is 0 Å². The normalized spacial score (nSPS) is 44.0. The molecule has 1 saturated heterocycles. The van der Waals surface area contributed by atoms with E-state index in [2.05, 4.69) is 40.1 Å². The lowest BCUT2D eigenvalue weighted by Crippen LogP contribution is -2.53. The number of allylic oxidation sites excluding steroid dienone is 2. The molecule has 2 aliphatic carbocycles. The highest BCUT2D eigenvalue weighted by Gasteiger charge is 2.54. The van der Waals surface area contributed by atoms with Crippen molar-refractivity contribution >= 4 is 0 Å². The molecule has 0 amide bonds. The minimum atomic E-state index is 0.938. The van der Waals surface area contributed by atoms with Gasteiger partial charge in [-0.2, -0.15) is 0 Å². The second-order valence-corrected chi connectivity index (χ2v) is 7.96. The fourth-order valence-electron chi connectivity index (χ4n) is 4.87. The minimum absolute atomic E-state index is 0.938. The Labute approximate surface area is 119 Å². The summed E-state index contributed by atoms with van der Waals surface area (Å²) in [5.41, 5.74) is 0. The molecule has 2 bridgehead atoms. The Hall–Kier alpha value is -0.340. The number of hydrogen-bond acceptors (Lipinski definition) is 0. The largest absolute Gasteiger partial charge is 0.322 e. The molecule has 0 aromatic carbocycles. The van der Waals surface area contributed by atoms with Gasteiger partial charge in [0.05, 0.1) is 40.3 Å². The van der Waals surface area contributed by atoms with Gasteiger partial charge in [-0.15, -0.1) is 0 Å². The lowest BCUT2D eigenvalue weighted by atomic mass is 9.86. The molecule has 1 aliphatic heterocycles. The SMILES string of the molecule is CC[N+](C)(CC)CC[N+]1(C)CC2C3C=CC(C3)C2C1. The molecule has 0 radical (unpaired) electrons. The summed E-state index contributed by atoms with van der Waals surface area (Å²) in [6, 6.07) is 0. The van der Waals surface area contributed by atoms with Crippen LogP contribution in [-0.4, -0.2) is 62.3 Å². The first-order chi connectivity index (χ1) is 8.99. The quantitative estimate of drug-likeness (QED) is 0.528. The maximum atomic E-state index is 2.53. The van der Waals surface area contributed by atoms with Crippen LogP contribution in [0.25, 0.3) is 0 Å². The van der Waals surface area contributed by atoms with Gasteiger partial charge in [-0.05, 0) is 32.1 Å². The van der Waals surface area contributed by atoms with E-state index in [1.165, 1.54) is 54.7 Å². The summed E-state index contributed by atoms with van der Waals surface area (Å²) in [6.07, 6.45) is 6.53. The van der Waals surface area contributed by atoms with Gasteiger partial charge in [-0.25, -0.2) is 0 Å². The molecule has 3 rings (SSSR count). The number of likely N-dealkylation sites (tertiary alicyclic amines) is 1. The summed E-state index contributed by atoms with van der Waals surface area (Å²) in [4.78, 5) is 0. The first-order valence-electron chi connectivity index (χ1n) is 8.34. The van der Waals surface area contributed by atoms with Crippen LogP contribution in [0.3, 0.4) is 0 Å². The lowest BCUT2D eigenvalue weighted by Gasteiger charge is -2.37. The van der Waals surface area contributed by atoms with E-state index in [0.29, 0.717) is 0 Å². The highest BCUT2D eigenvalue weighted by Crippen LogP contribution is 2.52. The van der Waals surface area contributed by atoms with Gasteiger partial charge in [0, 0.05) is 11.8 Å². The Morgan fingerprint density at radius 3 is 2.05 bits per heavy atom. The predicted octanol–water partition coefficient (Wildman–Crippen LogP) is 2.37. The number of likely N-dealkylation sites (N-methyl/N-ethyl adjacent to an activating group) is 2. The van der Waals surface area contributed by atoms with Crippen molar-refractivity contribution in [3.05, 3.63) is 12.2 Å². The zero-order chi connectivity index (χ0) is 13.7. The van der Waals surface area contributed by atoms with E-state index in [4.69, 9.17) is 0 Å². The molecular weight excluding hydrogens is 232 g/mol. The van der Waals surface area contributed by atoms with Gasteiger partial charge in [0.15, 0.2) is 0 Å². The maximum Gasteiger partial charge on any atom is 0.128 e. The van der Waals surface area contributed by atoms with Crippen molar-refractivity contribution in [3.8, 4) is 0 Å².